The van der Waals surface area contributed by atoms with Crippen LogP contribution in [0.5, 0.6) is 0 Å². The molecule has 1 N–H and O–H groups in total. The van der Waals surface area contributed by atoms with Gasteiger partial charge < -0.3 is 9.88 Å². The van der Waals surface area contributed by atoms with Gasteiger partial charge in [-0.2, -0.15) is 0 Å². The standard InChI is InChI=1S/C19H25ClN4O/c1-13-12-16(20)14(2)11-15(13)19(25)21-9-6-8-18-23-22-17-7-4-3-5-10-24(17)18/h11-12H,3-10H2,1-2H3,(H,21,25). The molecule has 0 saturated carbocycles. The van der Waals surface area contributed by atoms with E-state index in [1.54, 1.807) is 0 Å². The smallest absolute Gasteiger partial charge is 0.251 e. The van der Waals surface area contributed by atoms with Gasteiger partial charge in [0.1, 0.15) is 11.6 Å². The van der Waals surface area contributed by atoms with E-state index in [4.69, 9.17) is 11.6 Å². The van der Waals surface area contributed by atoms with Gasteiger partial charge in [0.25, 0.3) is 5.91 Å². The van der Waals surface area contributed by atoms with E-state index in [1.807, 2.05) is 26.0 Å². The van der Waals surface area contributed by atoms with Gasteiger partial charge in [0.15, 0.2) is 0 Å². The zero-order valence-corrected chi connectivity index (χ0v) is 15.7. The molecule has 3 rings (SSSR count). The van der Waals surface area contributed by atoms with Crippen molar-refractivity contribution in [3.63, 3.8) is 0 Å². The molecule has 0 bridgehead atoms. The molecule has 0 saturated heterocycles. The molecule has 0 unspecified atom stereocenters. The third-order valence-corrected chi connectivity index (χ3v) is 5.21. The van der Waals surface area contributed by atoms with Crippen LogP contribution < -0.4 is 5.32 Å². The molecular formula is C19H25ClN4O. The number of hydrogen-bond donors (Lipinski definition) is 1. The molecule has 0 atom stereocenters. The van der Waals surface area contributed by atoms with E-state index < -0.39 is 0 Å². The molecule has 1 aliphatic rings. The number of aromatic nitrogens is 3. The second kappa shape index (κ2) is 8.00. The van der Waals surface area contributed by atoms with Crippen LogP contribution in [-0.4, -0.2) is 27.2 Å². The van der Waals surface area contributed by atoms with Crippen molar-refractivity contribution in [1.82, 2.24) is 20.1 Å². The minimum Gasteiger partial charge on any atom is -0.352 e. The van der Waals surface area contributed by atoms with Gasteiger partial charge in [0.05, 0.1) is 0 Å². The Morgan fingerprint density at radius 2 is 2.04 bits per heavy atom. The highest BCUT2D eigenvalue weighted by Gasteiger charge is 2.15. The second-order valence-electron chi connectivity index (χ2n) is 6.77. The van der Waals surface area contributed by atoms with Crippen LogP contribution in [-0.2, 0) is 19.4 Å². The first-order valence-electron chi connectivity index (χ1n) is 9.02. The molecule has 25 heavy (non-hydrogen) atoms. The Morgan fingerprint density at radius 1 is 1.20 bits per heavy atom. The number of nitrogens with one attached hydrogen (secondary N) is 1. The first-order valence-corrected chi connectivity index (χ1v) is 9.40. The number of hydrogen-bond acceptors (Lipinski definition) is 3. The lowest BCUT2D eigenvalue weighted by molar-refractivity contribution is 0.0952. The van der Waals surface area contributed by atoms with E-state index in [1.165, 1.54) is 19.3 Å². The fraction of sp³-hybridized carbons (Fsp3) is 0.526. The summed E-state index contributed by atoms with van der Waals surface area (Å²) in [6.07, 6.45) is 6.39. The third kappa shape index (κ3) is 4.21. The summed E-state index contributed by atoms with van der Waals surface area (Å²) >= 11 is 6.10. The van der Waals surface area contributed by atoms with Crippen LogP contribution >= 0.6 is 11.6 Å². The van der Waals surface area contributed by atoms with Gasteiger partial charge in [-0.3, -0.25) is 4.79 Å². The Bertz CT molecular complexity index is 769. The van der Waals surface area contributed by atoms with Gasteiger partial charge in [-0.15, -0.1) is 10.2 Å². The minimum absolute atomic E-state index is 0.0441. The van der Waals surface area contributed by atoms with Crippen molar-refractivity contribution in [3.8, 4) is 0 Å². The molecule has 1 aromatic carbocycles. The molecule has 5 nitrogen and oxygen atoms in total. The van der Waals surface area contributed by atoms with Crippen molar-refractivity contribution in [3.05, 3.63) is 45.5 Å². The molecule has 6 heteroatoms. The Kier molecular flexibility index (Phi) is 5.74. The number of fused-ring (bicyclic) bond motifs is 1. The van der Waals surface area contributed by atoms with Gasteiger partial charge >= 0.3 is 0 Å². The molecule has 1 amide bonds. The largest absolute Gasteiger partial charge is 0.352 e. The predicted molar refractivity (Wildman–Crippen MR) is 99.2 cm³/mol. The maximum Gasteiger partial charge on any atom is 0.251 e. The van der Waals surface area contributed by atoms with Crippen LogP contribution in [0.4, 0.5) is 0 Å². The van der Waals surface area contributed by atoms with Crippen molar-refractivity contribution < 1.29 is 4.79 Å². The van der Waals surface area contributed by atoms with E-state index in [2.05, 4.69) is 20.1 Å². The molecule has 1 aliphatic heterocycles. The number of halogens is 1. The van der Waals surface area contributed by atoms with Gasteiger partial charge in [-0.05, 0) is 56.4 Å². The zero-order valence-electron chi connectivity index (χ0n) is 14.9. The Morgan fingerprint density at radius 3 is 2.88 bits per heavy atom. The number of aryl methyl sites for hydroxylation is 4. The number of nitrogens with zero attached hydrogens (tertiary/aromatic N) is 3. The van der Waals surface area contributed by atoms with Crippen LogP contribution in [0.2, 0.25) is 5.02 Å². The number of carbonyl (C=O) groups is 1. The highest BCUT2D eigenvalue weighted by molar-refractivity contribution is 6.31. The van der Waals surface area contributed by atoms with Crippen molar-refractivity contribution >= 4 is 17.5 Å². The summed E-state index contributed by atoms with van der Waals surface area (Å²) in [6.45, 7) is 5.47. The molecule has 0 fully saturated rings. The van der Waals surface area contributed by atoms with Gasteiger partial charge in [-0.25, -0.2) is 0 Å². The summed E-state index contributed by atoms with van der Waals surface area (Å²) in [5.41, 5.74) is 2.51. The molecule has 0 radical (unpaired) electrons. The molecule has 1 aromatic heterocycles. The quantitative estimate of drug-likeness (QED) is 0.828. The summed E-state index contributed by atoms with van der Waals surface area (Å²) in [6, 6.07) is 3.70. The molecular weight excluding hydrogens is 336 g/mol. The van der Waals surface area contributed by atoms with Crippen LogP contribution in [0, 0.1) is 13.8 Å². The van der Waals surface area contributed by atoms with Crippen LogP contribution in [0.1, 0.15) is 58.8 Å². The van der Waals surface area contributed by atoms with E-state index in [9.17, 15) is 4.79 Å². The number of rotatable bonds is 5. The zero-order chi connectivity index (χ0) is 17.8. The second-order valence-corrected chi connectivity index (χ2v) is 7.18. The Hall–Kier alpha value is -1.88. The average molecular weight is 361 g/mol. The molecule has 2 aromatic rings. The molecule has 0 spiro atoms. The minimum atomic E-state index is -0.0441. The summed E-state index contributed by atoms with van der Waals surface area (Å²) in [4.78, 5) is 12.4. The van der Waals surface area contributed by atoms with Crippen molar-refractivity contribution in [1.29, 1.82) is 0 Å². The molecule has 134 valence electrons. The summed E-state index contributed by atoms with van der Waals surface area (Å²) in [5.74, 6) is 2.12. The highest BCUT2D eigenvalue weighted by Crippen LogP contribution is 2.20. The summed E-state index contributed by atoms with van der Waals surface area (Å²) in [7, 11) is 0. The highest BCUT2D eigenvalue weighted by atomic mass is 35.5. The van der Waals surface area contributed by atoms with E-state index in [0.717, 1.165) is 48.6 Å². The predicted octanol–water partition coefficient (Wildman–Crippen LogP) is 3.64. The topological polar surface area (TPSA) is 59.8 Å². The lowest BCUT2D eigenvalue weighted by Gasteiger charge is -2.10. The van der Waals surface area contributed by atoms with Crippen LogP contribution in [0.15, 0.2) is 12.1 Å². The first kappa shape index (κ1) is 17.9. The monoisotopic (exact) mass is 360 g/mol. The van der Waals surface area contributed by atoms with E-state index in [-0.39, 0.29) is 5.91 Å². The fourth-order valence-electron chi connectivity index (χ4n) is 3.30. The normalized spacial score (nSPS) is 14.0. The lowest BCUT2D eigenvalue weighted by Crippen LogP contribution is -2.26. The van der Waals surface area contributed by atoms with Crippen LogP contribution in [0.3, 0.4) is 0 Å². The number of benzene rings is 1. The van der Waals surface area contributed by atoms with Crippen molar-refractivity contribution in [2.24, 2.45) is 0 Å². The van der Waals surface area contributed by atoms with Crippen molar-refractivity contribution in [2.45, 2.75) is 58.9 Å². The maximum atomic E-state index is 12.4. The summed E-state index contributed by atoms with van der Waals surface area (Å²) < 4.78 is 2.27. The maximum absolute atomic E-state index is 12.4. The van der Waals surface area contributed by atoms with Gasteiger partial charge in [0, 0.05) is 36.5 Å². The molecule has 2 heterocycles. The van der Waals surface area contributed by atoms with Crippen LogP contribution in [0.25, 0.3) is 0 Å². The summed E-state index contributed by atoms with van der Waals surface area (Å²) in [5, 5.41) is 12.4. The number of amides is 1. The number of carbonyl (C=O) groups excluding carboxylic acids is 1. The molecule has 0 aliphatic carbocycles. The fourth-order valence-corrected chi connectivity index (χ4v) is 3.52. The Labute approximate surface area is 153 Å². The third-order valence-electron chi connectivity index (χ3n) is 4.80. The van der Waals surface area contributed by atoms with E-state index >= 15 is 0 Å². The van der Waals surface area contributed by atoms with Crippen molar-refractivity contribution in [2.75, 3.05) is 6.54 Å². The van der Waals surface area contributed by atoms with Gasteiger partial charge in [0.2, 0.25) is 0 Å². The average Bonchev–Trinajstić information content (AvgIpc) is 2.81. The SMILES string of the molecule is Cc1cc(C(=O)NCCCc2nnc3n2CCCCC3)c(C)cc1Cl. The van der Waals surface area contributed by atoms with E-state index in [0.29, 0.717) is 17.1 Å². The first-order chi connectivity index (χ1) is 12.1. The lowest BCUT2D eigenvalue weighted by atomic mass is 10.0. The Balaban J connectivity index is 1.53. The van der Waals surface area contributed by atoms with Gasteiger partial charge in [-0.1, -0.05) is 18.0 Å².